The molecule has 0 aromatic carbocycles. The highest BCUT2D eigenvalue weighted by molar-refractivity contribution is 7.99. The number of pyridine rings is 1. The molecule has 5 heteroatoms. The van der Waals surface area contributed by atoms with Crippen LogP contribution in [0.15, 0.2) is 34.4 Å². The zero-order chi connectivity index (χ0) is 11.5. The normalized spacial score (nSPS) is 10.7. The Morgan fingerprint density at radius 1 is 1.44 bits per heavy atom. The van der Waals surface area contributed by atoms with E-state index >= 15 is 0 Å². The van der Waals surface area contributed by atoms with Gasteiger partial charge in [-0.15, -0.1) is 0 Å². The number of rotatable bonds is 3. The molecule has 2 N–H and O–H groups in total. The molecule has 0 spiro atoms. The third kappa shape index (κ3) is 2.10. The second-order valence-corrected chi connectivity index (χ2v) is 4.48. The van der Waals surface area contributed by atoms with Gasteiger partial charge in [-0.1, -0.05) is 17.8 Å². The van der Waals surface area contributed by atoms with Crippen LogP contribution >= 0.6 is 11.8 Å². The van der Waals surface area contributed by atoms with Crippen molar-refractivity contribution < 1.29 is 0 Å². The molecular weight excluding hydrogens is 220 g/mol. The molecule has 0 bridgehead atoms. The molecule has 0 saturated heterocycles. The van der Waals surface area contributed by atoms with Gasteiger partial charge in [0.25, 0.3) is 0 Å². The van der Waals surface area contributed by atoms with Crippen LogP contribution in [-0.4, -0.2) is 14.8 Å². The zero-order valence-electron chi connectivity index (χ0n) is 9.34. The third-order valence-corrected chi connectivity index (χ3v) is 3.49. The number of hydrogen-bond donors (Lipinski definition) is 1. The van der Waals surface area contributed by atoms with Crippen LogP contribution in [0.5, 0.6) is 0 Å². The third-order valence-electron chi connectivity index (χ3n) is 2.33. The standard InChI is InChI=1S/C11H14N4S/c1-8-9(7-12)11(15(2)14-8)16-10-5-3-4-6-13-10/h3-6H,7,12H2,1-2H3. The maximum absolute atomic E-state index is 5.73. The number of aromatic nitrogens is 3. The lowest BCUT2D eigenvalue weighted by atomic mass is 10.3. The lowest BCUT2D eigenvalue weighted by Crippen LogP contribution is -1.99. The van der Waals surface area contributed by atoms with E-state index in [1.807, 2.05) is 36.9 Å². The summed E-state index contributed by atoms with van der Waals surface area (Å²) >= 11 is 1.60. The van der Waals surface area contributed by atoms with Crippen molar-refractivity contribution >= 4 is 11.8 Å². The summed E-state index contributed by atoms with van der Waals surface area (Å²) in [5.74, 6) is 0. The van der Waals surface area contributed by atoms with Gasteiger partial charge in [-0.3, -0.25) is 4.68 Å². The molecule has 0 saturated carbocycles. The first-order chi connectivity index (χ1) is 7.72. The Morgan fingerprint density at radius 3 is 2.88 bits per heavy atom. The summed E-state index contributed by atoms with van der Waals surface area (Å²) in [5.41, 5.74) is 7.82. The molecule has 84 valence electrons. The summed E-state index contributed by atoms with van der Waals surface area (Å²) in [4.78, 5) is 4.28. The van der Waals surface area contributed by atoms with Crippen LogP contribution in [0.4, 0.5) is 0 Å². The van der Waals surface area contributed by atoms with Crippen molar-refractivity contribution in [3.8, 4) is 0 Å². The monoisotopic (exact) mass is 234 g/mol. The van der Waals surface area contributed by atoms with E-state index in [0.29, 0.717) is 6.54 Å². The topological polar surface area (TPSA) is 56.7 Å². The van der Waals surface area contributed by atoms with Gasteiger partial charge in [0, 0.05) is 25.4 Å². The Balaban J connectivity index is 2.34. The molecule has 0 aliphatic heterocycles. The van der Waals surface area contributed by atoms with Crippen molar-refractivity contribution in [2.75, 3.05) is 0 Å². The summed E-state index contributed by atoms with van der Waals surface area (Å²) < 4.78 is 1.86. The van der Waals surface area contributed by atoms with Crippen molar-refractivity contribution in [3.05, 3.63) is 35.7 Å². The first-order valence-electron chi connectivity index (χ1n) is 5.03. The van der Waals surface area contributed by atoms with Gasteiger partial charge < -0.3 is 5.73 Å². The van der Waals surface area contributed by atoms with Crippen LogP contribution in [0.2, 0.25) is 0 Å². The lowest BCUT2D eigenvalue weighted by Gasteiger charge is -2.03. The van der Waals surface area contributed by atoms with Gasteiger partial charge in [0.15, 0.2) is 0 Å². The number of nitrogens with two attached hydrogens (primary N) is 1. The molecule has 2 aromatic heterocycles. The molecule has 2 aromatic rings. The predicted octanol–water partition coefficient (Wildman–Crippen LogP) is 1.73. The Bertz CT molecular complexity index is 478. The molecule has 0 atom stereocenters. The van der Waals surface area contributed by atoms with E-state index in [1.54, 1.807) is 18.0 Å². The Morgan fingerprint density at radius 2 is 2.25 bits per heavy atom. The van der Waals surface area contributed by atoms with E-state index < -0.39 is 0 Å². The molecule has 16 heavy (non-hydrogen) atoms. The van der Waals surface area contributed by atoms with E-state index in [2.05, 4.69) is 10.1 Å². The Labute approximate surface area is 98.9 Å². The predicted molar refractivity (Wildman–Crippen MR) is 64.2 cm³/mol. The maximum atomic E-state index is 5.73. The summed E-state index contributed by atoms with van der Waals surface area (Å²) in [6.07, 6.45) is 1.79. The zero-order valence-corrected chi connectivity index (χ0v) is 10.2. The van der Waals surface area contributed by atoms with Gasteiger partial charge in [0.05, 0.1) is 5.69 Å². The maximum Gasteiger partial charge on any atom is 0.105 e. The molecule has 0 amide bonds. The van der Waals surface area contributed by atoms with E-state index in [0.717, 1.165) is 21.3 Å². The highest BCUT2D eigenvalue weighted by atomic mass is 32.2. The average Bonchev–Trinajstić information content (AvgIpc) is 2.55. The van der Waals surface area contributed by atoms with Crippen LogP contribution in [0.1, 0.15) is 11.3 Å². The molecule has 2 rings (SSSR count). The largest absolute Gasteiger partial charge is 0.326 e. The van der Waals surface area contributed by atoms with Crippen molar-refractivity contribution in [1.82, 2.24) is 14.8 Å². The van der Waals surface area contributed by atoms with E-state index in [1.165, 1.54) is 0 Å². The summed E-state index contributed by atoms with van der Waals surface area (Å²) in [6.45, 7) is 2.49. The molecule has 0 aliphatic rings. The minimum absolute atomic E-state index is 0.509. The van der Waals surface area contributed by atoms with Crippen LogP contribution in [0.3, 0.4) is 0 Å². The number of nitrogens with zero attached hydrogens (tertiary/aromatic N) is 3. The van der Waals surface area contributed by atoms with Gasteiger partial charge >= 0.3 is 0 Å². The molecular formula is C11H14N4S. The van der Waals surface area contributed by atoms with E-state index in [4.69, 9.17) is 5.73 Å². The first-order valence-corrected chi connectivity index (χ1v) is 5.85. The Kier molecular flexibility index (Phi) is 3.26. The average molecular weight is 234 g/mol. The number of aryl methyl sites for hydroxylation is 2. The van der Waals surface area contributed by atoms with Gasteiger partial charge in [-0.05, 0) is 19.1 Å². The first kappa shape index (κ1) is 11.2. The van der Waals surface area contributed by atoms with Crippen LogP contribution in [0.25, 0.3) is 0 Å². The van der Waals surface area contributed by atoms with E-state index in [-0.39, 0.29) is 0 Å². The lowest BCUT2D eigenvalue weighted by molar-refractivity contribution is 0.688. The molecule has 4 nitrogen and oxygen atoms in total. The van der Waals surface area contributed by atoms with E-state index in [9.17, 15) is 0 Å². The van der Waals surface area contributed by atoms with Gasteiger partial charge in [0.1, 0.15) is 10.1 Å². The van der Waals surface area contributed by atoms with Crippen molar-refractivity contribution in [2.24, 2.45) is 12.8 Å². The fourth-order valence-corrected chi connectivity index (χ4v) is 2.54. The van der Waals surface area contributed by atoms with Gasteiger partial charge in [-0.25, -0.2) is 4.98 Å². The second kappa shape index (κ2) is 4.67. The molecule has 0 fully saturated rings. The SMILES string of the molecule is Cc1nn(C)c(Sc2ccccn2)c1CN. The van der Waals surface area contributed by atoms with Crippen LogP contribution in [0, 0.1) is 6.92 Å². The van der Waals surface area contributed by atoms with Crippen molar-refractivity contribution in [1.29, 1.82) is 0 Å². The smallest absolute Gasteiger partial charge is 0.105 e. The summed E-state index contributed by atoms with van der Waals surface area (Å²) in [6, 6.07) is 5.86. The van der Waals surface area contributed by atoms with Gasteiger partial charge in [0.2, 0.25) is 0 Å². The second-order valence-electron chi connectivity index (χ2n) is 3.47. The highest BCUT2D eigenvalue weighted by Gasteiger charge is 2.13. The van der Waals surface area contributed by atoms with Crippen molar-refractivity contribution in [3.63, 3.8) is 0 Å². The quantitative estimate of drug-likeness (QED) is 0.878. The Hall–Kier alpha value is -1.33. The van der Waals surface area contributed by atoms with Crippen LogP contribution in [-0.2, 0) is 13.6 Å². The van der Waals surface area contributed by atoms with Crippen LogP contribution < -0.4 is 5.73 Å². The minimum Gasteiger partial charge on any atom is -0.326 e. The molecule has 2 heterocycles. The number of hydrogen-bond acceptors (Lipinski definition) is 4. The minimum atomic E-state index is 0.509. The fourth-order valence-electron chi connectivity index (χ4n) is 1.55. The van der Waals surface area contributed by atoms with Gasteiger partial charge in [-0.2, -0.15) is 5.10 Å². The molecule has 0 aliphatic carbocycles. The highest BCUT2D eigenvalue weighted by Crippen LogP contribution is 2.29. The van der Waals surface area contributed by atoms with Crippen molar-refractivity contribution in [2.45, 2.75) is 23.5 Å². The summed E-state index contributed by atoms with van der Waals surface area (Å²) in [5, 5.41) is 6.39. The molecule has 0 radical (unpaired) electrons. The molecule has 0 unspecified atom stereocenters. The fraction of sp³-hybridized carbons (Fsp3) is 0.273. The summed E-state index contributed by atoms with van der Waals surface area (Å²) in [7, 11) is 1.93.